The van der Waals surface area contributed by atoms with Crippen LogP contribution < -0.4 is 10.1 Å². The van der Waals surface area contributed by atoms with Crippen LogP contribution in [-0.2, 0) is 18.4 Å². The van der Waals surface area contributed by atoms with E-state index in [4.69, 9.17) is 16.3 Å². The third kappa shape index (κ3) is 3.90. The summed E-state index contributed by atoms with van der Waals surface area (Å²) in [4.78, 5) is 12.5. The smallest absolute Gasteiger partial charge is 0.263 e. The zero-order valence-electron chi connectivity index (χ0n) is 14.2. The molecule has 1 N–H and O–H groups in total. The number of carbonyl (C=O) groups excluding carboxylic acids is 1. The second-order valence-corrected chi connectivity index (χ2v) is 7.14. The van der Waals surface area contributed by atoms with Crippen LogP contribution in [0.2, 0.25) is 5.02 Å². The molecule has 0 aliphatic heterocycles. The molecule has 1 fully saturated rings. The van der Waals surface area contributed by atoms with E-state index < -0.39 is 5.60 Å². The first-order chi connectivity index (χ1) is 11.3. The Kier molecular flexibility index (Phi) is 4.54. The number of hydrogen-bond acceptors (Lipinski definition) is 3. The van der Waals surface area contributed by atoms with E-state index in [9.17, 15) is 4.79 Å². The topological polar surface area (TPSA) is 56.2 Å². The second kappa shape index (κ2) is 6.48. The van der Waals surface area contributed by atoms with E-state index in [1.54, 1.807) is 38.1 Å². The van der Waals surface area contributed by atoms with Gasteiger partial charge in [-0.1, -0.05) is 11.6 Å². The molecule has 0 saturated heterocycles. The number of carbonyl (C=O) groups is 1. The molecule has 1 aliphatic rings. The number of rotatable bonds is 6. The Morgan fingerprint density at radius 2 is 2.04 bits per heavy atom. The van der Waals surface area contributed by atoms with Crippen molar-refractivity contribution in [3.63, 3.8) is 0 Å². The first-order valence-electron chi connectivity index (χ1n) is 8.11. The molecule has 1 aromatic heterocycles. The van der Waals surface area contributed by atoms with Gasteiger partial charge in [0.25, 0.3) is 5.91 Å². The molecule has 1 amide bonds. The highest BCUT2D eigenvalue weighted by Gasteiger charge is 2.30. The van der Waals surface area contributed by atoms with Gasteiger partial charge in [-0.15, -0.1) is 0 Å². The average molecular weight is 348 g/mol. The minimum atomic E-state index is -0.984. The van der Waals surface area contributed by atoms with Gasteiger partial charge in [0, 0.05) is 23.7 Å². The maximum absolute atomic E-state index is 12.5. The van der Waals surface area contributed by atoms with Gasteiger partial charge in [-0.05, 0) is 57.0 Å². The van der Waals surface area contributed by atoms with E-state index >= 15 is 0 Å². The average Bonchev–Trinajstić information content (AvgIpc) is 3.30. The van der Waals surface area contributed by atoms with Crippen LogP contribution in [-0.4, -0.2) is 21.3 Å². The van der Waals surface area contributed by atoms with Crippen LogP contribution in [0.4, 0.5) is 0 Å². The van der Waals surface area contributed by atoms with Crippen molar-refractivity contribution < 1.29 is 9.53 Å². The standard InChI is InChI=1S/C18H22ClN3O2/c1-18(2,24-15-8-6-13(19)7-9-15)17(23)20-11-14-10-16(12-4-5-12)22(3)21-14/h6-10,12H,4-5,11H2,1-3H3,(H,20,23). The monoisotopic (exact) mass is 347 g/mol. The molecule has 0 atom stereocenters. The number of nitrogens with one attached hydrogen (secondary N) is 1. The molecule has 0 radical (unpaired) electrons. The Hall–Kier alpha value is -2.01. The fourth-order valence-corrected chi connectivity index (χ4v) is 2.74. The van der Waals surface area contributed by atoms with Gasteiger partial charge < -0.3 is 10.1 Å². The summed E-state index contributed by atoms with van der Waals surface area (Å²) in [6, 6.07) is 9.04. The summed E-state index contributed by atoms with van der Waals surface area (Å²) in [5.41, 5.74) is 1.13. The minimum Gasteiger partial charge on any atom is -0.478 e. The second-order valence-electron chi connectivity index (χ2n) is 6.71. The molecule has 128 valence electrons. The summed E-state index contributed by atoms with van der Waals surface area (Å²) >= 11 is 5.86. The molecule has 24 heavy (non-hydrogen) atoms. The summed E-state index contributed by atoms with van der Waals surface area (Å²) < 4.78 is 7.70. The molecule has 6 heteroatoms. The van der Waals surface area contributed by atoms with E-state index in [-0.39, 0.29) is 5.91 Å². The minimum absolute atomic E-state index is 0.184. The highest BCUT2D eigenvalue weighted by molar-refractivity contribution is 6.30. The number of benzene rings is 1. The van der Waals surface area contributed by atoms with Gasteiger partial charge in [0.15, 0.2) is 5.60 Å². The van der Waals surface area contributed by atoms with Crippen LogP contribution >= 0.6 is 11.6 Å². The normalized spacial score (nSPS) is 14.5. The fraction of sp³-hybridized carbons (Fsp3) is 0.444. The van der Waals surface area contributed by atoms with Crippen molar-refractivity contribution in [1.82, 2.24) is 15.1 Å². The van der Waals surface area contributed by atoms with Gasteiger partial charge in [0.2, 0.25) is 0 Å². The van der Waals surface area contributed by atoms with E-state index in [1.165, 1.54) is 18.5 Å². The SMILES string of the molecule is Cn1nc(CNC(=O)C(C)(C)Oc2ccc(Cl)cc2)cc1C1CC1. The van der Waals surface area contributed by atoms with Gasteiger partial charge >= 0.3 is 0 Å². The number of ether oxygens (including phenoxy) is 1. The zero-order valence-corrected chi connectivity index (χ0v) is 14.9. The van der Waals surface area contributed by atoms with Crippen molar-refractivity contribution in [1.29, 1.82) is 0 Å². The molecule has 5 nitrogen and oxygen atoms in total. The van der Waals surface area contributed by atoms with E-state index in [1.807, 2.05) is 11.7 Å². The maximum Gasteiger partial charge on any atom is 0.263 e. The van der Waals surface area contributed by atoms with Crippen LogP contribution in [0.15, 0.2) is 30.3 Å². The predicted octanol–water partition coefficient (Wildman–Crippen LogP) is 3.42. The molecule has 1 aliphatic carbocycles. The third-order valence-electron chi connectivity index (χ3n) is 4.13. The summed E-state index contributed by atoms with van der Waals surface area (Å²) in [6.07, 6.45) is 2.46. The number of hydrogen-bond donors (Lipinski definition) is 1. The number of amides is 1. The number of aryl methyl sites for hydroxylation is 1. The summed E-state index contributed by atoms with van der Waals surface area (Å²) in [6.45, 7) is 3.88. The summed E-state index contributed by atoms with van der Waals surface area (Å²) in [5.74, 6) is 1.06. The quantitative estimate of drug-likeness (QED) is 0.871. The molecule has 0 spiro atoms. The third-order valence-corrected chi connectivity index (χ3v) is 4.38. The molecule has 0 bridgehead atoms. The maximum atomic E-state index is 12.5. The Bertz CT molecular complexity index is 733. The van der Waals surface area contributed by atoms with Gasteiger partial charge in [0.1, 0.15) is 5.75 Å². The largest absolute Gasteiger partial charge is 0.478 e. The van der Waals surface area contributed by atoms with E-state index in [2.05, 4.69) is 16.5 Å². The van der Waals surface area contributed by atoms with Crippen LogP contribution in [0.3, 0.4) is 0 Å². The van der Waals surface area contributed by atoms with E-state index in [0.717, 1.165) is 5.69 Å². The van der Waals surface area contributed by atoms with Crippen LogP contribution in [0.25, 0.3) is 0 Å². The first kappa shape index (κ1) is 16.8. The molecule has 2 aromatic rings. The van der Waals surface area contributed by atoms with Crippen molar-refractivity contribution in [2.75, 3.05) is 0 Å². The van der Waals surface area contributed by atoms with Gasteiger partial charge in [0.05, 0.1) is 12.2 Å². The Balaban J connectivity index is 1.58. The lowest BCUT2D eigenvalue weighted by atomic mass is 10.1. The highest BCUT2D eigenvalue weighted by Crippen LogP contribution is 2.39. The van der Waals surface area contributed by atoms with Crippen LogP contribution in [0.5, 0.6) is 5.75 Å². The lowest BCUT2D eigenvalue weighted by molar-refractivity contribution is -0.134. The van der Waals surface area contributed by atoms with Crippen molar-refractivity contribution in [3.05, 3.63) is 46.7 Å². The highest BCUT2D eigenvalue weighted by atomic mass is 35.5. The van der Waals surface area contributed by atoms with Gasteiger partial charge in [-0.3, -0.25) is 9.48 Å². The number of aromatic nitrogens is 2. The molecule has 1 heterocycles. The van der Waals surface area contributed by atoms with Crippen LogP contribution in [0, 0.1) is 0 Å². The summed E-state index contributed by atoms with van der Waals surface area (Å²) in [7, 11) is 1.95. The first-order valence-corrected chi connectivity index (χ1v) is 8.48. The van der Waals surface area contributed by atoms with Gasteiger partial charge in [-0.25, -0.2) is 0 Å². The van der Waals surface area contributed by atoms with Gasteiger partial charge in [-0.2, -0.15) is 5.10 Å². The Morgan fingerprint density at radius 1 is 1.38 bits per heavy atom. The number of halogens is 1. The molecule has 1 aromatic carbocycles. The molecule has 1 saturated carbocycles. The lowest BCUT2D eigenvalue weighted by Gasteiger charge is -2.25. The zero-order chi connectivity index (χ0) is 17.3. The number of nitrogens with zero attached hydrogens (tertiary/aromatic N) is 2. The predicted molar refractivity (Wildman–Crippen MR) is 93.2 cm³/mol. The molecule has 0 unspecified atom stereocenters. The lowest BCUT2D eigenvalue weighted by Crippen LogP contribution is -2.46. The molecular formula is C18H22ClN3O2. The van der Waals surface area contributed by atoms with Crippen molar-refractivity contribution in [2.24, 2.45) is 7.05 Å². The molecular weight excluding hydrogens is 326 g/mol. The Morgan fingerprint density at radius 3 is 2.67 bits per heavy atom. The van der Waals surface area contributed by atoms with Crippen LogP contribution in [0.1, 0.15) is 44.0 Å². The fourth-order valence-electron chi connectivity index (χ4n) is 2.62. The van der Waals surface area contributed by atoms with E-state index in [0.29, 0.717) is 23.2 Å². The molecule has 3 rings (SSSR count). The van der Waals surface area contributed by atoms with Crippen molar-refractivity contribution >= 4 is 17.5 Å². The van der Waals surface area contributed by atoms with Crippen molar-refractivity contribution in [2.45, 2.75) is 44.8 Å². The summed E-state index contributed by atoms with van der Waals surface area (Å²) in [5, 5.41) is 8.00. The Labute approximate surface area is 147 Å². The van der Waals surface area contributed by atoms with Crippen molar-refractivity contribution in [3.8, 4) is 5.75 Å².